The molecule has 1 atom stereocenters. The smallest absolute Gasteiger partial charge is 0.295 e. The summed E-state index contributed by atoms with van der Waals surface area (Å²) in [6.45, 7) is 10.8. The molecule has 1 fully saturated rings. The molecular weight excluding hydrogens is 432 g/mol. The molecule has 1 aliphatic rings. The highest BCUT2D eigenvalue weighted by atomic mass is 16.5. The summed E-state index contributed by atoms with van der Waals surface area (Å²) in [5.41, 5.74) is 3.20. The lowest BCUT2D eigenvalue weighted by Gasteiger charge is -2.26. The van der Waals surface area contributed by atoms with Crippen molar-refractivity contribution in [3.63, 3.8) is 0 Å². The van der Waals surface area contributed by atoms with Crippen LogP contribution in [0.2, 0.25) is 0 Å². The molecule has 0 aromatic heterocycles. The third-order valence-corrected chi connectivity index (χ3v) is 6.16. The first-order valence-corrected chi connectivity index (χ1v) is 11.7. The number of nitrogens with zero attached hydrogens (tertiary/aromatic N) is 2. The van der Waals surface area contributed by atoms with Crippen LogP contribution in [0.3, 0.4) is 0 Å². The van der Waals surface area contributed by atoms with E-state index in [0.29, 0.717) is 17.9 Å². The SMILES string of the molecule is CCOc1ccc(/C(O)=C2/C(=O)C(=O)N(CCOC)C2c2ccc(N(CC)CC)cc2)cc1C. The largest absolute Gasteiger partial charge is 0.507 e. The Morgan fingerprint density at radius 1 is 1.06 bits per heavy atom. The molecule has 1 heterocycles. The number of Topliss-reactive ketones (excluding diaryl/α,β-unsaturated/α-hetero) is 1. The molecule has 1 amide bonds. The molecule has 7 nitrogen and oxygen atoms in total. The van der Waals surface area contributed by atoms with E-state index in [1.807, 2.05) is 38.1 Å². The Labute approximate surface area is 201 Å². The first-order chi connectivity index (χ1) is 16.4. The molecule has 7 heteroatoms. The summed E-state index contributed by atoms with van der Waals surface area (Å²) in [5.74, 6) is -0.817. The number of anilines is 1. The first kappa shape index (κ1) is 25.3. The number of benzene rings is 2. The van der Waals surface area contributed by atoms with Crippen molar-refractivity contribution in [2.75, 3.05) is 44.9 Å². The number of ether oxygens (including phenoxy) is 2. The van der Waals surface area contributed by atoms with Gasteiger partial charge in [0.15, 0.2) is 0 Å². The van der Waals surface area contributed by atoms with Gasteiger partial charge in [-0.3, -0.25) is 9.59 Å². The molecule has 34 heavy (non-hydrogen) atoms. The second-order valence-corrected chi connectivity index (χ2v) is 8.16. The average Bonchev–Trinajstić information content (AvgIpc) is 3.09. The molecular formula is C27H34N2O5. The molecule has 2 aromatic carbocycles. The van der Waals surface area contributed by atoms with Crippen LogP contribution in [0.1, 0.15) is 43.5 Å². The van der Waals surface area contributed by atoms with Crippen molar-refractivity contribution in [3.05, 3.63) is 64.7 Å². The van der Waals surface area contributed by atoms with E-state index in [4.69, 9.17) is 9.47 Å². The van der Waals surface area contributed by atoms with E-state index in [9.17, 15) is 14.7 Å². The van der Waals surface area contributed by atoms with Crippen LogP contribution in [-0.4, -0.2) is 61.7 Å². The molecule has 1 saturated heterocycles. The molecule has 0 bridgehead atoms. The van der Waals surface area contributed by atoms with Gasteiger partial charge in [0.2, 0.25) is 0 Å². The minimum atomic E-state index is -0.701. The Balaban J connectivity index is 2.10. The van der Waals surface area contributed by atoms with Crippen LogP contribution >= 0.6 is 0 Å². The molecule has 182 valence electrons. The van der Waals surface area contributed by atoms with Crippen molar-refractivity contribution in [3.8, 4) is 5.75 Å². The minimum Gasteiger partial charge on any atom is -0.507 e. The number of amides is 1. The number of rotatable bonds is 10. The summed E-state index contributed by atoms with van der Waals surface area (Å²) < 4.78 is 10.8. The van der Waals surface area contributed by atoms with E-state index in [0.717, 1.165) is 29.9 Å². The normalized spacial score (nSPS) is 17.3. The topological polar surface area (TPSA) is 79.3 Å². The van der Waals surface area contributed by atoms with Gasteiger partial charge < -0.3 is 24.4 Å². The lowest BCUT2D eigenvalue weighted by molar-refractivity contribution is -0.140. The highest BCUT2D eigenvalue weighted by Crippen LogP contribution is 2.40. The first-order valence-electron chi connectivity index (χ1n) is 11.7. The fourth-order valence-electron chi connectivity index (χ4n) is 4.37. The number of aliphatic hydroxyl groups excluding tert-OH is 1. The van der Waals surface area contributed by atoms with Crippen molar-refractivity contribution >= 4 is 23.1 Å². The highest BCUT2D eigenvalue weighted by Gasteiger charge is 2.45. The summed E-state index contributed by atoms with van der Waals surface area (Å²) >= 11 is 0. The fourth-order valence-corrected chi connectivity index (χ4v) is 4.37. The number of aryl methyl sites for hydroxylation is 1. The van der Waals surface area contributed by atoms with E-state index in [1.165, 1.54) is 4.90 Å². The van der Waals surface area contributed by atoms with Gasteiger partial charge in [0.1, 0.15) is 11.5 Å². The maximum atomic E-state index is 13.1. The summed E-state index contributed by atoms with van der Waals surface area (Å²) in [4.78, 5) is 29.8. The van der Waals surface area contributed by atoms with Gasteiger partial charge in [-0.25, -0.2) is 0 Å². The van der Waals surface area contributed by atoms with Gasteiger partial charge in [-0.2, -0.15) is 0 Å². The quantitative estimate of drug-likeness (QED) is 0.319. The fraction of sp³-hybridized carbons (Fsp3) is 0.407. The van der Waals surface area contributed by atoms with Crippen LogP contribution in [0.5, 0.6) is 5.75 Å². The summed E-state index contributed by atoms with van der Waals surface area (Å²) in [6, 6.07) is 12.3. The molecule has 3 rings (SSSR count). The van der Waals surface area contributed by atoms with Crippen LogP contribution in [0.4, 0.5) is 5.69 Å². The van der Waals surface area contributed by atoms with Crippen LogP contribution in [-0.2, 0) is 14.3 Å². The number of likely N-dealkylation sites (tertiary alicyclic amines) is 1. The second kappa shape index (κ2) is 11.2. The maximum Gasteiger partial charge on any atom is 0.295 e. The van der Waals surface area contributed by atoms with Crippen molar-refractivity contribution in [1.29, 1.82) is 0 Å². The Hall–Kier alpha value is -3.32. The molecule has 0 spiro atoms. The number of hydrogen-bond donors (Lipinski definition) is 1. The molecule has 0 radical (unpaired) electrons. The molecule has 0 aliphatic carbocycles. The molecule has 1 aliphatic heterocycles. The third-order valence-electron chi connectivity index (χ3n) is 6.16. The van der Waals surface area contributed by atoms with E-state index >= 15 is 0 Å². The van der Waals surface area contributed by atoms with E-state index < -0.39 is 17.7 Å². The van der Waals surface area contributed by atoms with Gasteiger partial charge in [-0.15, -0.1) is 0 Å². The van der Waals surface area contributed by atoms with Crippen LogP contribution < -0.4 is 9.64 Å². The monoisotopic (exact) mass is 466 g/mol. The zero-order chi connectivity index (χ0) is 24.8. The van der Waals surface area contributed by atoms with Crippen molar-refractivity contribution in [1.82, 2.24) is 4.90 Å². The summed E-state index contributed by atoms with van der Waals surface area (Å²) in [7, 11) is 1.55. The summed E-state index contributed by atoms with van der Waals surface area (Å²) in [5, 5.41) is 11.2. The Bertz CT molecular complexity index is 1060. The number of carbonyl (C=O) groups is 2. The van der Waals surface area contributed by atoms with Crippen LogP contribution in [0.15, 0.2) is 48.0 Å². The van der Waals surface area contributed by atoms with Gasteiger partial charge in [0.25, 0.3) is 11.7 Å². The maximum absolute atomic E-state index is 13.1. The minimum absolute atomic E-state index is 0.0836. The zero-order valence-corrected chi connectivity index (χ0v) is 20.6. The Morgan fingerprint density at radius 2 is 1.74 bits per heavy atom. The Morgan fingerprint density at radius 3 is 2.29 bits per heavy atom. The molecule has 1 N–H and O–H groups in total. The number of carbonyl (C=O) groups excluding carboxylic acids is 2. The summed E-state index contributed by atoms with van der Waals surface area (Å²) in [6.07, 6.45) is 0. The third kappa shape index (κ3) is 4.94. The van der Waals surface area contributed by atoms with Gasteiger partial charge in [-0.1, -0.05) is 12.1 Å². The van der Waals surface area contributed by atoms with Crippen LogP contribution in [0, 0.1) is 6.92 Å². The van der Waals surface area contributed by atoms with Gasteiger partial charge in [0, 0.05) is 38.0 Å². The number of ketones is 1. The van der Waals surface area contributed by atoms with Gasteiger partial charge in [0.05, 0.1) is 24.8 Å². The number of aliphatic hydroxyl groups is 1. The lowest BCUT2D eigenvalue weighted by atomic mass is 9.94. The van der Waals surface area contributed by atoms with Crippen molar-refractivity contribution < 1.29 is 24.2 Å². The molecule has 2 aromatic rings. The predicted molar refractivity (Wildman–Crippen MR) is 133 cm³/mol. The average molecular weight is 467 g/mol. The standard InChI is InChI=1S/C27H34N2O5/c1-6-28(7-2)21-12-9-19(10-13-21)24-23(26(31)27(32)29(24)15-16-33-5)25(30)20-11-14-22(34-8-3)18(4)17-20/h9-14,17,24,30H,6-8,15-16H2,1-5H3/b25-23-. The van der Waals surface area contributed by atoms with Gasteiger partial charge >= 0.3 is 0 Å². The highest BCUT2D eigenvalue weighted by molar-refractivity contribution is 6.46. The zero-order valence-electron chi connectivity index (χ0n) is 20.6. The van der Waals surface area contributed by atoms with E-state index in [2.05, 4.69) is 18.7 Å². The van der Waals surface area contributed by atoms with E-state index in [-0.39, 0.29) is 24.5 Å². The second-order valence-electron chi connectivity index (χ2n) is 8.16. The lowest BCUT2D eigenvalue weighted by Crippen LogP contribution is -2.32. The molecule has 1 unspecified atom stereocenters. The van der Waals surface area contributed by atoms with E-state index in [1.54, 1.807) is 25.3 Å². The number of hydrogen-bond acceptors (Lipinski definition) is 6. The van der Waals surface area contributed by atoms with Gasteiger partial charge in [-0.05, 0) is 69.2 Å². The number of methoxy groups -OCH3 is 1. The van der Waals surface area contributed by atoms with Crippen molar-refractivity contribution in [2.45, 2.75) is 33.7 Å². The molecule has 0 saturated carbocycles. The van der Waals surface area contributed by atoms with Crippen molar-refractivity contribution in [2.24, 2.45) is 0 Å². The predicted octanol–water partition coefficient (Wildman–Crippen LogP) is 4.31. The Kier molecular flexibility index (Phi) is 8.34. The van der Waals surface area contributed by atoms with Crippen LogP contribution in [0.25, 0.3) is 5.76 Å².